The standard InChI is InChI=1S/C20H24ClN3O3S/c1-22-28(26,27)17-8-4-15(5-9-17)6-11-20(25)23-18-14-16(21)7-10-19(18)24-12-2-3-13-24/h4-5,7-10,14,22H,2-3,6,11-13H2,1H3,(H,23,25). The number of hydrogen-bond acceptors (Lipinski definition) is 4. The van der Waals surface area contributed by atoms with Crippen LogP contribution in [0.5, 0.6) is 0 Å². The SMILES string of the molecule is CNS(=O)(=O)c1ccc(CCC(=O)Nc2cc(Cl)ccc2N2CCCC2)cc1. The Labute approximate surface area is 170 Å². The first-order valence-corrected chi connectivity index (χ1v) is 11.1. The van der Waals surface area contributed by atoms with Crippen LogP contribution < -0.4 is 14.9 Å². The van der Waals surface area contributed by atoms with Gasteiger partial charge in [-0.25, -0.2) is 13.1 Å². The van der Waals surface area contributed by atoms with E-state index in [1.807, 2.05) is 12.1 Å². The van der Waals surface area contributed by atoms with Crippen LogP contribution >= 0.6 is 11.6 Å². The Morgan fingerprint density at radius 2 is 1.79 bits per heavy atom. The van der Waals surface area contributed by atoms with E-state index in [1.165, 1.54) is 7.05 Å². The smallest absolute Gasteiger partial charge is 0.240 e. The van der Waals surface area contributed by atoms with Gasteiger partial charge in [-0.1, -0.05) is 23.7 Å². The van der Waals surface area contributed by atoms with E-state index in [0.29, 0.717) is 17.9 Å². The van der Waals surface area contributed by atoms with E-state index in [9.17, 15) is 13.2 Å². The minimum absolute atomic E-state index is 0.102. The monoisotopic (exact) mass is 421 g/mol. The van der Waals surface area contributed by atoms with Gasteiger partial charge in [0.25, 0.3) is 0 Å². The van der Waals surface area contributed by atoms with Gasteiger partial charge in [0.2, 0.25) is 15.9 Å². The summed E-state index contributed by atoms with van der Waals surface area (Å²) in [7, 11) is -2.08. The lowest BCUT2D eigenvalue weighted by atomic mass is 10.1. The molecule has 0 aromatic heterocycles. The summed E-state index contributed by atoms with van der Waals surface area (Å²) in [4.78, 5) is 14.9. The van der Waals surface area contributed by atoms with Crippen molar-refractivity contribution in [3.8, 4) is 0 Å². The molecule has 1 aliphatic rings. The normalized spacial score (nSPS) is 14.3. The Kier molecular flexibility index (Phi) is 6.59. The van der Waals surface area contributed by atoms with Crippen molar-refractivity contribution in [3.63, 3.8) is 0 Å². The second-order valence-corrected chi connectivity index (χ2v) is 9.08. The van der Waals surface area contributed by atoms with Crippen LogP contribution in [0.2, 0.25) is 5.02 Å². The molecule has 3 rings (SSSR count). The first kappa shape index (κ1) is 20.6. The van der Waals surface area contributed by atoms with Gasteiger partial charge in [0.05, 0.1) is 16.3 Å². The summed E-state index contributed by atoms with van der Waals surface area (Å²) in [6.07, 6.45) is 3.11. The first-order chi connectivity index (χ1) is 13.4. The Morgan fingerprint density at radius 1 is 1.11 bits per heavy atom. The van der Waals surface area contributed by atoms with E-state index in [4.69, 9.17) is 11.6 Å². The van der Waals surface area contributed by atoms with E-state index in [-0.39, 0.29) is 10.8 Å². The van der Waals surface area contributed by atoms with E-state index >= 15 is 0 Å². The second-order valence-electron chi connectivity index (χ2n) is 6.76. The highest BCUT2D eigenvalue weighted by Gasteiger charge is 2.17. The summed E-state index contributed by atoms with van der Waals surface area (Å²) in [5.41, 5.74) is 2.63. The molecule has 1 heterocycles. The van der Waals surface area contributed by atoms with Gasteiger partial charge in [-0.2, -0.15) is 0 Å². The highest BCUT2D eigenvalue weighted by Crippen LogP contribution is 2.31. The van der Waals surface area contributed by atoms with Gasteiger partial charge in [-0.15, -0.1) is 0 Å². The van der Waals surface area contributed by atoms with Crippen LogP contribution in [0.15, 0.2) is 47.4 Å². The zero-order valence-electron chi connectivity index (χ0n) is 15.7. The van der Waals surface area contributed by atoms with Crippen LogP contribution in [0.3, 0.4) is 0 Å². The molecule has 150 valence electrons. The Hall–Kier alpha value is -2.09. The van der Waals surface area contributed by atoms with Crippen LogP contribution in [0, 0.1) is 0 Å². The summed E-state index contributed by atoms with van der Waals surface area (Å²) < 4.78 is 25.8. The van der Waals surface area contributed by atoms with Gasteiger partial charge < -0.3 is 10.2 Å². The molecule has 1 amide bonds. The van der Waals surface area contributed by atoms with Crippen molar-refractivity contribution in [1.82, 2.24) is 4.72 Å². The lowest BCUT2D eigenvalue weighted by Crippen LogP contribution is -2.21. The Balaban J connectivity index is 1.63. The van der Waals surface area contributed by atoms with Crippen LogP contribution in [-0.2, 0) is 21.2 Å². The molecule has 0 spiro atoms. The van der Waals surface area contributed by atoms with E-state index in [2.05, 4.69) is 14.9 Å². The van der Waals surface area contributed by atoms with Gasteiger partial charge in [0.1, 0.15) is 0 Å². The number of nitrogens with one attached hydrogen (secondary N) is 2. The summed E-state index contributed by atoms with van der Waals surface area (Å²) >= 11 is 6.12. The molecule has 2 N–H and O–H groups in total. The van der Waals surface area contributed by atoms with E-state index in [0.717, 1.165) is 42.9 Å². The fourth-order valence-electron chi connectivity index (χ4n) is 3.27. The molecule has 2 aromatic carbocycles. The summed E-state index contributed by atoms with van der Waals surface area (Å²) in [6, 6.07) is 12.1. The molecule has 2 aromatic rings. The summed E-state index contributed by atoms with van der Waals surface area (Å²) in [6.45, 7) is 1.96. The number of amides is 1. The highest BCUT2D eigenvalue weighted by atomic mass is 35.5. The van der Waals surface area contributed by atoms with Crippen LogP contribution in [0.1, 0.15) is 24.8 Å². The number of rotatable bonds is 7. The number of halogens is 1. The molecule has 1 saturated heterocycles. The van der Waals surface area contributed by atoms with Crippen molar-refractivity contribution >= 4 is 38.9 Å². The molecule has 1 fully saturated rings. The highest BCUT2D eigenvalue weighted by molar-refractivity contribution is 7.89. The third kappa shape index (κ3) is 5.04. The molecule has 28 heavy (non-hydrogen) atoms. The molecule has 0 radical (unpaired) electrons. The van der Waals surface area contributed by atoms with Crippen molar-refractivity contribution in [2.75, 3.05) is 30.4 Å². The van der Waals surface area contributed by atoms with E-state index < -0.39 is 10.0 Å². The van der Waals surface area contributed by atoms with Crippen molar-refractivity contribution < 1.29 is 13.2 Å². The van der Waals surface area contributed by atoms with Crippen molar-refractivity contribution in [1.29, 1.82) is 0 Å². The number of benzene rings is 2. The third-order valence-electron chi connectivity index (χ3n) is 4.82. The molecule has 0 bridgehead atoms. The molecule has 0 atom stereocenters. The lowest BCUT2D eigenvalue weighted by Gasteiger charge is -2.22. The summed E-state index contributed by atoms with van der Waals surface area (Å²) in [5, 5.41) is 3.56. The molecule has 6 nitrogen and oxygen atoms in total. The molecule has 0 unspecified atom stereocenters. The largest absolute Gasteiger partial charge is 0.370 e. The zero-order chi connectivity index (χ0) is 20.1. The average molecular weight is 422 g/mol. The predicted molar refractivity (Wildman–Crippen MR) is 113 cm³/mol. The van der Waals surface area contributed by atoms with Gasteiger partial charge in [0.15, 0.2) is 0 Å². The predicted octanol–water partition coefficient (Wildman–Crippen LogP) is 3.42. The number of nitrogens with zero attached hydrogens (tertiary/aromatic N) is 1. The molecule has 0 saturated carbocycles. The van der Waals surface area contributed by atoms with Gasteiger partial charge >= 0.3 is 0 Å². The van der Waals surface area contributed by atoms with Crippen LogP contribution in [-0.4, -0.2) is 34.5 Å². The first-order valence-electron chi connectivity index (χ1n) is 9.26. The maximum absolute atomic E-state index is 12.5. The van der Waals surface area contributed by atoms with Gasteiger partial charge in [0, 0.05) is 24.5 Å². The lowest BCUT2D eigenvalue weighted by molar-refractivity contribution is -0.116. The third-order valence-corrected chi connectivity index (χ3v) is 6.49. The molecular weight excluding hydrogens is 398 g/mol. The topological polar surface area (TPSA) is 78.5 Å². The van der Waals surface area contributed by atoms with Crippen LogP contribution in [0.25, 0.3) is 0 Å². The van der Waals surface area contributed by atoms with Crippen molar-refractivity contribution in [2.45, 2.75) is 30.6 Å². The molecular formula is C20H24ClN3O3S. The van der Waals surface area contributed by atoms with Crippen molar-refractivity contribution in [3.05, 3.63) is 53.1 Å². The molecule has 0 aliphatic carbocycles. The van der Waals surface area contributed by atoms with Gasteiger partial charge in [-0.05, 0) is 62.2 Å². The molecule has 1 aliphatic heterocycles. The zero-order valence-corrected chi connectivity index (χ0v) is 17.3. The Morgan fingerprint density at radius 3 is 2.43 bits per heavy atom. The van der Waals surface area contributed by atoms with Gasteiger partial charge in [-0.3, -0.25) is 4.79 Å². The molecule has 8 heteroatoms. The number of hydrogen-bond donors (Lipinski definition) is 2. The number of carbonyl (C=O) groups is 1. The summed E-state index contributed by atoms with van der Waals surface area (Å²) in [5.74, 6) is -0.102. The second kappa shape index (κ2) is 8.94. The average Bonchev–Trinajstić information content (AvgIpc) is 3.21. The van der Waals surface area contributed by atoms with Crippen molar-refractivity contribution in [2.24, 2.45) is 0 Å². The number of anilines is 2. The number of aryl methyl sites for hydroxylation is 1. The quantitative estimate of drug-likeness (QED) is 0.718. The maximum atomic E-state index is 12.5. The fourth-order valence-corrected chi connectivity index (χ4v) is 4.17. The Bertz CT molecular complexity index is 940. The minimum Gasteiger partial charge on any atom is -0.370 e. The maximum Gasteiger partial charge on any atom is 0.240 e. The van der Waals surface area contributed by atoms with E-state index in [1.54, 1.807) is 30.3 Å². The fraction of sp³-hybridized carbons (Fsp3) is 0.350. The number of sulfonamides is 1. The van der Waals surface area contributed by atoms with Crippen LogP contribution in [0.4, 0.5) is 11.4 Å². The minimum atomic E-state index is -3.45. The number of carbonyl (C=O) groups excluding carboxylic acids is 1.